The van der Waals surface area contributed by atoms with Crippen molar-refractivity contribution in [2.45, 2.75) is 45.1 Å². The first kappa shape index (κ1) is 14.8. The van der Waals surface area contributed by atoms with Gasteiger partial charge in [-0.1, -0.05) is 0 Å². The molecule has 0 radical (unpaired) electrons. The fourth-order valence-corrected chi connectivity index (χ4v) is 3.13. The molecule has 1 fully saturated rings. The van der Waals surface area contributed by atoms with E-state index >= 15 is 0 Å². The van der Waals surface area contributed by atoms with Crippen LogP contribution in [0, 0.1) is 6.92 Å². The Morgan fingerprint density at radius 1 is 1.41 bits per heavy atom. The van der Waals surface area contributed by atoms with Crippen molar-refractivity contribution in [2.24, 2.45) is 0 Å². The van der Waals surface area contributed by atoms with Crippen molar-refractivity contribution < 1.29 is 4.79 Å². The van der Waals surface area contributed by atoms with Gasteiger partial charge in [-0.3, -0.25) is 4.79 Å². The van der Waals surface area contributed by atoms with E-state index in [2.05, 4.69) is 19.5 Å². The molecule has 2 aromatic heterocycles. The highest BCUT2D eigenvalue weighted by Crippen LogP contribution is 2.24. The molecule has 0 unspecified atom stereocenters. The number of likely N-dealkylation sites (tertiary alicyclic amines) is 1. The van der Waals surface area contributed by atoms with Crippen molar-refractivity contribution >= 4 is 5.91 Å². The second kappa shape index (κ2) is 6.77. The molecule has 1 amide bonds. The van der Waals surface area contributed by atoms with Crippen LogP contribution in [0.25, 0.3) is 0 Å². The van der Waals surface area contributed by atoms with Gasteiger partial charge in [-0.05, 0) is 26.2 Å². The standard InChI is InChI=1S/C16H23N5O/c1-13-17-8-11-20(13)9-3-5-15(22)21-10-2-4-14(12-21)16-18-6-7-19-16/h6-8,11,14H,2-5,9-10,12H2,1H3,(H,18,19)/t14-/m0/s1. The zero-order chi connectivity index (χ0) is 15.4. The molecule has 3 rings (SSSR count). The van der Waals surface area contributed by atoms with Crippen LogP contribution in [0.1, 0.15) is 43.3 Å². The molecule has 1 saturated heterocycles. The molecule has 1 atom stereocenters. The van der Waals surface area contributed by atoms with Gasteiger partial charge in [-0.15, -0.1) is 0 Å². The van der Waals surface area contributed by atoms with E-state index in [1.807, 2.05) is 24.2 Å². The number of carbonyl (C=O) groups excluding carboxylic acids is 1. The minimum atomic E-state index is 0.258. The molecule has 1 N–H and O–H groups in total. The maximum absolute atomic E-state index is 12.4. The quantitative estimate of drug-likeness (QED) is 0.919. The highest BCUT2D eigenvalue weighted by atomic mass is 16.2. The van der Waals surface area contributed by atoms with Crippen molar-refractivity contribution in [3.05, 3.63) is 36.4 Å². The summed E-state index contributed by atoms with van der Waals surface area (Å²) in [6, 6.07) is 0. The summed E-state index contributed by atoms with van der Waals surface area (Å²) in [5.74, 6) is 2.62. The number of aromatic amines is 1. The number of H-pyrrole nitrogens is 1. The maximum atomic E-state index is 12.4. The average Bonchev–Trinajstić information content (AvgIpc) is 3.20. The number of nitrogens with zero attached hydrogens (tertiary/aromatic N) is 4. The lowest BCUT2D eigenvalue weighted by Gasteiger charge is -2.32. The lowest BCUT2D eigenvalue weighted by molar-refractivity contribution is -0.132. The van der Waals surface area contributed by atoms with E-state index in [1.165, 1.54) is 0 Å². The minimum absolute atomic E-state index is 0.258. The molecule has 2 aromatic rings. The van der Waals surface area contributed by atoms with Crippen LogP contribution in [0.15, 0.2) is 24.8 Å². The van der Waals surface area contributed by atoms with Gasteiger partial charge in [-0.2, -0.15) is 0 Å². The number of amides is 1. The fourth-order valence-electron chi connectivity index (χ4n) is 3.13. The Hall–Kier alpha value is -2.11. The molecule has 0 saturated carbocycles. The highest BCUT2D eigenvalue weighted by molar-refractivity contribution is 5.76. The van der Waals surface area contributed by atoms with Crippen LogP contribution < -0.4 is 0 Å². The zero-order valence-electron chi connectivity index (χ0n) is 13.0. The van der Waals surface area contributed by atoms with Crippen molar-refractivity contribution in [2.75, 3.05) is 13.1 Å². The number of nitrogens with one attached hydrogen (secondary N) is 1. The summed E-state index contributed by atoms with van der Waals surface area (Å²) < 4.78 is 2.09. The van der Waals surface area contributed by atoms with Gasteiger partial charge in [0.2, 0.25) is 5.91 Å². The van der Waals surface area contributed by atoms with Gasteiger partial charge in [0.15, 0.2) is 0 Å². The summed E-state index contributed by atoms with van der Waals surface area (Å²) in [6.45, 7) is 4.50. The topological polar surface area (TPSA) is 66.8 Å². The van der Waals surface area contributed by atoms with Gasteiger partial charge in [-0.25, -0.2) is 9.97 Å². The molecule has 0 spiro atoms. The van der Waals surface area contributed by atoms with Crippen LogP contribution in [0.3, 0.4) is 0 Å². The zero-order valence-corrected chi connectivity index (χ0v) is 13.0. The maximum Gasteiger partial charge on any atom is 0.222 e. The first-order chi connectivity index (χ1) is 10.7. The highest BCUT2D eigenvalue weighted by Gasteiger charge is 2.25. The molecule has 118 valence electrons. The third kappa shape index (κ3) is 3.37. The van der Waals surface area contributed by atoms with E-state index in [0.717, 1.165) is 50.5 Å². The van der Waals surface area contributed by atoms with Crippen LogP contribution in [-0.4, -0.2) is 43.4 Å². The molecule has 6 heteroatoms. The molecule has 6 nitrogen and oxygen atoms in total. The van der Waals surface area contributed by atoms with E-state index in [-0.39, 0.29) is 5.91 Å². The van der Waals surface area contributed by atoms with Gasteiger partial charge < -0.3 is 14.5 Å². The largest absolute Gasteiger partial charge is 0.348 e. The Morgan fingerprint density at radius 3 is 3.05 bits per heavy atom. The average molecular weight is 301 g/mol. The Labute approximate surface area is 130 Å². The van der Waals surface area contributed by atoms with Gasteiger partial charge in [0.05, 0.1) is 0 Å². The molecular formula is C16H23N5O. The van der Waals surface area contributed by atoms with Gasteiger partial charge in [0.1, 0.15) is 11.6 Å². The smallest absolute Gasteiger partial charge is 0.222 e. The number of carbonyl (C=O) groups is 1. The fraction of sp³-hybridized carbons (Fsp3) is 0.562. The lowest BCUT2D eigenvalue weighted by atomic mass is 9.97. The summed E-state index contributed by atoms with van der Waals surface area (Å²) in [6.07, 6.45) is 11.0. The number of imidazole rings is 2. The Balaban J connectivity index is 1.48. The Bertz CT molecular complexity index is 604. The Kier molecular flexibility index (Phi) is 4.56. The molecule has 1 aliphatic rings. The minimum Gasteiger partial charge on any atom is -0.348 e. The summed E-state index contributed by atoms with van der Waals surface area (Å²) in [5.41, 5.74) is 0. The monoisotopic (exact) mass is 301 g/mol. The third-order valence-electron chi connectivity index (χ3n) is 4.39. The number of aromatic nitrogens is 4. The number of piperidine rings is 1. The van der Waals surface area contributed by atoms with Crippen LogP contribution in [0.4, 0.5) is 0 Å². The van der Waals surface area contributed by atoms with E-state index in [4.69, 9.17) is 0 Å². The lowest BCUT2D eigenvalue weighted by Crippen LogP contribution is -2.39. The predicted octanol–water partition coefficient (Wildman–Crippen LogP) is 2.10. The van der Waals surface area contributed by atoms with Gasteiger partial charge in [0.25, 0.3) is 0 Å². The normalized spacial score (nSPS) is 18.6. The van der Waals surface area contributed by atoms with Crippen LogP contribution in [0.5, 0.6) is 0 Å². The number of aryl methyl sites for hydroxylation is 2. The summed E-state index contributed by atoms with van der Waals surface area (Å²) in [4.78, 5) is 26.1. The first-order valence-electron chi connectivity index (χ1n) is 7.99. The molecule has 22 heavy (non-hydrogen) atoms. The summed E-state index contributed by atoms with van der Waals surface area (Å²) >= 11 is 0. The summed E-state index contributed by atoms with van der Waals surface area (Å²) in [5, 5.41) is 0. The third-order valence-corrected chi connectivity index (χ3v) is 4.39. The molecule has 0 aromatic carbocycles. The molecule has 0 aliphatic carbocycles. The molecule has 3 heterocycles. The molecular weight excluding hydrogens is 278 g/mol. The van der Waals surface area contributed by atoms with Crippen molar-refractivity contribution in [1.82, 2.24) is 24.4 Å². The van der Waals surface area contributed by atoms with Crippen molar-refractivity contribution in [3.8, 4) is 0 Å². The molecule has 0 bridgehead atoms. The second-order valence-corrected chi connectivity index (χ2v) is 5.92. The summed E-state index contributed by atoms with van der Waals surface area (Å²) in [7, 11) is 0. The van der Waals surface area contributed by atoms with Gasteiger partial charge >= 0.3 is 0 Å². The first-order valence-corrected chi connectivity index (χ1v) is 7.99. The second-order valence-electron chi connectivity index (χ2n) is 5.92. The van der Waals surface area contributed by atoms with Crippen LogP contribution >= 0.6 is 0 Å². The van der Waals surface area contributed by atoms with Crippen LogP contribution in [-0.2, 0) is 11.3 Å². The van der Waals surface area contributed by atoms with E-state index in [9.17, 15) is 4.79 Å². The van der Waals surface area contributed by atoms with Crippen LogP contribution in [0.2, 0.25) is 0 Å². The number of hydrogen-bond acceptors (Lipinski definition) is 3. The van der Waals surface area contributed by atoms with Crippen molar-refractivity contribution in [1.29, 1.82) is 0 Å². The van der Waals surface area contributed by atoms with E-state index < -0.39 is 0 Å². The van der Waals surface area contributed by atoms with E-state index in [0.29, 0.717) is 12.3 Å². The van der Waals surface area contributed by atoms with Gasteiger partial charge in [0, 0.05) is 56.8 Å². The number of rotatable bonds is 5. The van der Waals surface area contributed by atoms with E-state index in [1.54, 1.807) is 12.4 Å². The Morgan fingerprint density at radius 2 is 2.32 bits per heavy atom. The predicted molar refractivity (Wildman–Crippen MR) is 83.3 cm³/mol. The number of hydrogen-bond donors (Lipinski definition) is 1. The van der Waals surface area contributed by atoms with Crippen molar-refractivity contribution in [3.63, 3.8) is 0 Å². The molecule has 1 aliphatic heterocycles. The SMILES string of the molecule is Cc1nccn1CCCC(=O)N1CCC[C@H](c2ncc[nH]2)C1.